The topological polar surface area (TPSA) is 111 Å². The molecule has 3 aromatic rings. The number of benzene rings is 1. The van der Waals surface area contributed by atoms with E-state index in [-0.39, 0.29) is 23.9 Å². The number of nitrogens with one attached hydrogen (secondary N) is 2. The Balaban J connectivity index is 1.36. The molecule has 3 heterocycles. The number of methoxy groups -OCH3 is 2. The lowest BCUT2D eigenvalue weighted by Crippen LogP contribution is -2.31. The molecule has 152 valence electrons. The van der Waals surface area contributed by atoms with Crippen molar-refractivity contribution in [3.63, 3.8) is 0 Å². The summed E-state index contributed by atoms with van der Waals surface area (Å²) in [5.74, 6) is 1.88. The number of H-pyrrole nitrogens is 1. The molecule has 1 atom stereocenters. The molecule has 2 N–H and O–H groups in total. The van der Waals surface area contributed by atoms with E-state index >= 15 is 0 Å². The van der Waals surface area contributed by atoms with Gasteiger partial charge in [-0.1, -0.05) is 17.8 Å². The van der Waals surface area contributed by atoms with Crippen molar-refractivity contribution in [2.45, 2.75) is 24.0 Å². The summed E-state index contributed by atoms with van der Waals surface area (Å²) in [7, 11) is 3.19. The number of hydrogen-bond acceptors (Lipinski definition) is 7. The van der Waals surface area contributed by atoms with Crippen molar-refractivity contribution < 1.29 is 14.3 Å². The molecule has 1 unspecified atom stereocenters. The van der Waals surface area contributed by atoms with Crippen molar-refractivity contribution in [2.24, 2.45) is 0 Å². The zero-order chi connectivity index (χ0) is 20.4. The number of rotatable bonds is 7. The first-order valence-electron chi connectivity index (χ1n) is 9.16. The molecule has 0 saturated carbocycles. The number of amides is 1. The quantitative estimate of drug-likeness (QED) is 0.563. The van der Waals surface area contributed by atoms with Gasteiger partial charge in [0.2, 0.25) is 5.91 Å². The van der Waals surface area contributed by atoms with Crippen LogP contribution in [-0.2, 0) is 11.2 Å². The van der Waals surface area contributed by atoms with Crippen LogP contribution in [0.1, 0.15) is 18.0 Å². The van der Waals surface area contributed by atoms with Gasteiger partial charge in [0.05, 0.1) is 26.5 Å². The van der Waals surface area contributed by atoms with E-state index in [1.165, 1.54) is 18.0 Å². The van der Waals surface area contributed by atoms with Crippen molar-refractivity contribution in [1.82, 2.24) is 25.1 Å². The van der Waals surface area contributed by atoms with Gasteiger partial charge in [0, 0.05) is 18.7 Å². The molecule has 29 heavy (non-hydrogen) atoms. The number of ether oxygens (including phenoxy) is 2. The third-order valence-corrected chi connectivity index (χ3v) is 5.95. The van der Waals surface area contributed by atoms with Crippen LogP contribution in [0.15, 0.2) is 34.3 Å². The zero-order valence-electron chi connectivity index (χ0n) is 16.1. The summed E-state index contributed by atoms with van der Waals surface area (Å²) in [6, 6.07) is 5.48. The van der Waals surface area contributed by atoms with Crippen LogP contribution in [0.25, 0.3) is 11.0 Å². The Hall–Kier alpha value is -3.01. The summed E-state index contributed by atoms with van der Waals surface area (Å²) in [5.41, 5.74) is 1.35. The average Bonchev–Trinajstić information content (AvgIpc) is 3.35. The molecule has 0 radical (unpaired) electrons. The molecule has 1 amide bonds. The smallest absolute Gasteiger partial charge is 0.265 e. The van der Waals surface area contributed by atoms with Gasteiger partial charge >= 0.3 is 0 Å². The number of carbonyl (C=O) groups is 1. The summed E-state index contributed by atoms with van der Waals surface area (Å²) < 4.78 is 12.1. The van der Waals surface area contributed by atoms with E-state index in [0.29, 0.717) is 46.4 Å². The fourth-order valence-corrected chi connectivity index (χ4v) is 4.51. The second-order valence-corrected chi connectivity index (χ2v) is 7.65. The van der Waals surface area contributed by atoms with E-state index in [0.717, 1.165) is 5.56 Å². The lowest BCUT2D eigenvalue weighted by atomic mass is 10.1. The second kappa shape index (κ2) is 8.16. The van der Waals surface area contributed by atoms with E-state index in [2.05, 4.69) is 20.5 Å². The van der Waals surface area contributed by atoms with Crippen LogP contribution in [0.4, 0.5) is 0 Å². The number of aromatic nitrogens is 4. The maximum absolute atomic E-state index is 12.7. The molecular formula is C19H21N5O4S. The van der Waals surface area contributed by atoms with Crippen LogP contribution < -0.4 is 20.3 Å². The largest absolute Gasteiger partial charge is 0.493 e. The first-order valence-corrected chi connectivity index (χ1v) is 10.1. The third-order valence-electron chi connectivity index (χ3n) is 4.86. The number of thioether (sulfide) groups is 1. The van der Waals surface area contributed by atoms with Gasteiger partial charge in [-0.3, -0.25) is 19.3 Å². The van der Waals surface area contributed by atoms with Crippen molar-refractivity contribution in [3.05, 3.63) is 40.3 Å². The molecular weight excluding hydrogens is 394 g/mol. The molecule has 0 bridgehead atoms. The van der Waals surface area contributed by atoms with Crippen LogP contribution in [0.2, 0.25) is 0 Å². The minimum Gasteiger partial charge on any atom is -0.493 e. The summed E-state index contributed by atoms with van der Waals surface area (Å²) in [4.78, 5) is 29.5. The van der Waals surface area contributed by atoms with Gasteiger partial charge in [-0.25, -0.2) is 4.98 Å². The Kier molecular flexibility index (Phi) is 5.43. The lowest BCUT2D eigenvalue weighted by molar-refractivity contribution is -0.121. The number of hydrogen-bond donors (Lipinski definition) is 2. The molecule has 9 nitrogen and oxygen atoms in total. The number of fused-ring (bicyclic) bond motifs is 2. The predicted molar refractivity (Wildman–Crippen MR) is 109 cm³/mol. The molecule has 1 aromatic carbocycles. The van der Waals surface area contributed by atoms with Crippen LogP contribution in [-0.4, -0.2) is 52.2 Å². The van der Waals surface area contributed by atoms with E-state index in [1.807, 2.05) is 18.2 Å². The number of carbonyl (C=O) groups excluding carboxylic acids is 1. The maximum atomic E-state index is 12.7. The van der Waals surface area contributed by atoms with E-state index in [1.54, 1.807) is 18.8 Å². The van der Waals surface area contributed by atoms with E-state index in [4.69, 9.17) is 9.47 Å². The Labute approximate surface area is 170 Å². The first kappa shape index (κ1) is 19.3. The predicted octanol–water partition coefficient (Wildman–Crippen LogP) is 1.53. The van der Waals surface area contributed by atoms with Gasteiger partial charge in [-0.05, 0) is 24.1 Å². The molecule has 1 aliphatic heterocycles. The number of aromatic amines is 1. The molecule has 0 fully saturated rings. The van der Waals surface area contributed by atoms with Crippen molar-refractivity contribution in [3.8, 4) is 11.5 Å². The molecule has 1 aliphatic rings. The monoisotopic (exact) mass is 415 g/mol. The highest BCUT2D eigenvalue weighted by Gasteiger charge is 2.28. The summed E-state index contributed by atoms with van der Waals surface area (Å²) in [5, 5.41) is 10.6. The standard InChI is InChI=1S/C19H21N5O4S/c1-27-14-4-3-11(7-15(14)28-2)5-6-20-16(25)8-12-10-29-19-22-17-13(9-21-23-17)18(26)24(12)19/h3-4,7,9,12H,5-6,8,10H2,1-2H3,(H,20,25)(H,21,23). The molecule has 0 spiro atoms. The van der Waals surface area contributed by atoms with Gasteiger partial charge < -0.3 is 14.8 Å². The Morgan fingerprint density at radius 1 is 1.34 bits per heavy atom. The fraction of sp³-hybridized carbons (Fsp3) is 0.368. The van der Waals surface area contributed by atoms with Gasteiger partial charge in [0.25, 0.3) is 5.56 Å². The normalized spacial score (nSPS) is 15.3. The molecule has 0 saturated heterocycles. The van der Waals surface area contributed by atoms with E-state index < -0.39 is 0 Å². The average molecular weight is 415 g/mol. The number of nitrogens with zero attached hydrogens (tertiary/aromatic N) is 3. The van der Waals surface area contributed by atoms with Gasteiger partial charge in [-0.2, -0.15) is 5.10 Å². The zero-order valence-corrected chi connectivity index (χ0v) is 16.9. The Morgan fingerprint density at radius 3 is 2.97 bits per heavy atom. The minimum atomic E-state index is -0.213. The third kappa shape index (κ3) is 3.80. The van der Waals surface area contributed by atoms with Crippen LogP contribution >= 0.6 is 11.8 Å². The second-order valence-electron chi connectivity index (χ2n) is 6.66. The highest BCUT2D eigenvalue weighted by Crippen LogP contribution is 2.32. The fourth-order valence-electron chi connectivity index (χ4n) is 3.38. The minimum absolute atomic E-state index is 0.0943. The SMILES string of the molecule is COc1ccc(CCNC(=O)CC2CSc3nc4[nH]ncc4c(=O)n32)cc1OC. The van der Waals surface area contributed by atoms with Crippen LogP contribution in [0.3, 0.4) is 0 Å². The van der Waals surface area contributed by atoms with Crippen LogP contribution in [0, 0.1) is 0 Å². The van der Waals surface area contributed by atoms with Gasteiger partial charge in [0.1, 0.15) is 5.39 Å². The van der Waals surface area contributed by atoms with Gasteiger partial charge in [0.15, 0.2) is 22.3 Å². The maximum Gasteiger partial charge on any atom is 0.265 e. The van der Waals surface area contributed by atoms with Crippen molar-refractivity contribution in [2.75, 3.05) is 26.5 Å². The van der Waals surface area contributed by atoms with Crippen molar-refractivity contribution in [1.29, 1.82) is 0 Å². The molecule has 10 heteroatoms. The highest BCUT2D eigenvalue weighted by atomic mass is 32.2. The Bertz CT molecular complexity index is 1110. The molecule has 0 aliphatic carbocycles. The highest BCUT2D eigenvalue weighted by molar-refractivity contribution is 7.99. The molecule has 2 aromatic heterocycles. The molecule has 4 rings (SSSR count). The van der Waals surface area contributed by atoms with Crippen LogP contribution in [0.5, 0.6) is 11.5 Å². The summed E-state index contributed by atoms with van der Waals surface area (Å²) in [6.45, 7) is 0.495. The first-order chi connectivity index (χ1) is 14.1. The van der Waals surface area contributed by atoms with Gasteiger partial charge in [-0.15, -0.1) is 0 Å². The van der Waals surface area contributed by atoms with Crippen molar-refractivity contribution >= 4 is 28.7 Å². The van der Waals surface area contributed by atoms with E-state index in [9.17, 15) is 9.59 Å². The summed E-state index contributed by atoms with van der Waals surface area (Å²) >= 11 is 1.48. The lowest BCUT2D eigenvalue weighted by Gasteiger charge is -2.13. The Morgan fingerprint density at radius 2 is 2.17 bits per heavy atom. The summed E-state index contributed by atoms with van der Waals surface area (Å²) in [6.07, 6.45) is 2.37.